The number of rotatable bonds is 3. The van der Waals surface area contributed by atoms with Crippen molar-refractivity contribution in [2.24, 2.45) is 0 Å². The molecule has 124 valence electrons. The summed E-state index contributed by atoms with van der Waals surface area (Å²) in [5.74, 6) is 1.83. The van der Waals surface area contributed by atoms with E-state index < -0.39 is 6.10 Å². The third-order valence-electron chi connectivity index (χ3n) is 2.82. The molecule has 2 unspecified atom stereocenters. The van der Waals surface area contributed by atoms with Crippen molar-refractivity contribution in [2.75, 3.05) is 5.73 Å². The molecule has 0 radical (unpaired) electrons. The number of hydrogen-bond donors (Lipinski definition) is 2. The number of aromatic nitrogens is 6. The number of aliphatic hydroxyl groups is 1. The lowest BCUT2D eigenvalue weighted by Gasteiger charge is -2.05. The van der Waals surface area contributed by atoms with Gasteiger partial charge in [0.1, 0.15) is 12.1 Å². The highest BCUT2D eigenvalue weighted by Crippen LogP contribution is 2.16. The summed E-state index contributed by atoms with van der Waals surface area (Å²) >= 11 is 0. The number of nitrogens with two attached hydrogens (primary N) is 1. The molecule has 3 aromatic rings. The molecule has 0 amide bonds. The van der Waals surface area contributed by atoms with Crippen molar-refractivity contribution in [1.82, 2.24) is 30.2 Å². The molecule has 3 rings (SSSR count). The third-order valence-corrected chi connectivity index (χ3v) is 2.82. The second-order valence-corrected chi connectivity index (χ2v) is 4.92. The van der Waals surface area contributed by atoms with E-state index in [2.05, 4.69) is 25.5 Å². The fraction of sp³-hybridized carbons (Fsp3) is 0.462. The maximum Gasteiger partial charge on any atom is 0.244 e. The van der Waals surface area contributed by atoms with Crippen molar-refractivity contribution in [3.8, 4) is 0 Å². The Labute approximate surface area is 132 Å². The summed E-state index contributed by atoms with van der Waals surface area (Å²) in [6.45, 7) is 6.92. The molecule has 0 aliphatic carbocycles. The molecule has 0 saturated heterocycles. The van der Waals surface area contributed by atoms with E-state index in [-0.39, 0.29) is 11.9 Å². The Kier molecular flexibility index (Phi) is 5.06. The van der Waals surface area contributed by atoms with Crippen molar-refractivity contribution in [1.29, 1.82) is 0 Å². The predicted molar refractivity (Wildman–Crippen MR) is 79.2 cm³/mol. The molecule has 10 heteroatoms. The van der Waals surface area contributed by atoms with Crippen LogP contribution >= 0.6 is 0 Å². The number of hydrogen-bond acceptors (Lipinski definition) is 9. The largest absolute Gasteiger partial charge is 0.423 e. The van der Waals surface area contributed by atoms with Crippen LogP contribution in [-0.4, -0.2) is 35.3 Å². The lowest BCUT2D eigenvalue weighted by atomic mass is 10.3. The van der Waals surface area contributed by atoms with Crippen LogP contribution in [0.2, 0.25) is 0 Å². The summed E-state index contributed by atoms with van der Waals surface area (Å²) in [5, 5.41) is 27.7. The lowest BCUT2D eigenvalue weighted by molar-refractivity contribution is 0.161. The highest BCUT2D eigenvalue weighted by atomic mass is 16.4. The van der Waals surface area contributed by atoms with E-state index in [0.29, 0.717) is 23.4 Å². The van der Waals surface area contributed by atoms with E-state index in [9.17, 15) is 0 Å². The van der Waals surface area contributed by atoms with Gasteiger partial charge in [0.25, 0.3) is 0 Å². The first-order chi connectivity index (χ1) is 10.9. The first kappa shape index (κ1) is 16.6. The van der Waals surface area contributed by atoms with Crippen LogP contribution in [0.3, 0.4) is 0 Å². The number of aliphatic hydroxyl groups excluding tert-OH is 1. The van der Waals surface area contributed by atoms with Crippen molar-refractivity contribution < 1.29 is 13.9 Å². The number of anilines is 1. The second-order valence-electron chi connectivity index (χ2n) is 4.92. The first-order valence-electron chi connectivity index (χ1n) is 6.94. The summed E-state index contributed by atoms with van der Waals surface area (Å²) in [4.78, 5) is 0. The number of nitrogen functional groups attached to an aromatic ring is 1. The Morgan fingerprint density at radius 2 is 1.61 bits per heavy atom. The van der Waals surface area contributed by atoms with Gasteiger partial charge in [-0.25, -0.2) is 0 Å². The van der Waals surface area contributed by atoms with Gasteiger partial charge in [-0.1, -0.05) is 0 Å². The highest BCUT2D eigenvalue weighted by molar-refractivity contribution is 5.30. The fourth-order valence-electron chi connectivity index (χ4n) is 1.64. The van der Waals surface area contributed by atoms with Gasteiger partial charge >= 0.3 is 0 Å². The molecule has 3 aromatic heterocycles. The second kappa shape index (κ2) is 7.01. The maximum atomic E-state index is 8.84. The van der Waals surface area contributed by atoms with Crippen LogP contribution in [0.25, 0.3) is 0 Å². The molecule has 0 aliphatic rings. The fourth-order valence-corrected chi connectivity index (χ4v) is 1.64. The SMILES string of the molecule is Cc1nnc(C(C)O)o1.Cc1nnc(C(C)n2cc(N)cn2)o1. The minimum atomic E-state index is -0.661. The number of nitrogens with zero attached hydrogens (tertiary/aromatic N) is 6. The topological polar surface area (TPSA) is 142 Å². The average molecular weight is 321 g/mol. The van der Waals surface area contributed by atoms with Gasteiger partial charge in [-0.3, -0.25) is 4.68 Å². The van der Waals surface area contributed by atoms with Crippen LogP contribution in [0.15, 0.2) is 21.2 Å². The minimum Gasteiger partial charge on any atom is -0.423 e. The smallest absolute Gasteiger partial charge is 0.244 e. The Morgan fingerprint density at radius 3 is 1.96 bits per heavy atom. The zero-order chi connectivity index (χ0) is 17.0. The van der Waals surface area contributed by atoms with Crippen LogP contribution in [0.5, 0.6) is 0 Å². The van der Waals surface area contributed by atoms with Gasteiger partial charge in [0.05, 0.1) is 11.9 Å². The Bertz CT molecular complexity index is 706. The molecule has 0 aromatic carbocycles. The molecular weight excluding hydrogens is 302 g/mol. The molecule has 10 nitrogen and oxygen atoms in total. The third kappa shape index (κ3) is 4.36. The summed E-state index contributed by atoms with van der Waals surface area (Å²) < 4.78 is 11.8. The summed E-state index contributed by atoms with van der Waals surface area (Å²) in [6, 6.07) is -0.0894. The molecular formula is C13H19N7O3. The number of aryl methyl sites for hydroxylation is 2. The van der Waals surface area contributed by atoms with Gasteiger partial charge in [-0.2, -0.15) is 5.10 Å². The van der Waals surface area contributed by atoms with E-state index in [0.717, 1.165) is 0 Å². The van der Waals surface area contributed by atoms with Crippen LogP contribution in [0.1, 0.15) is 49.6 Å². The Balaban J connectivity index is 0.000000185. The Hall–Kier alpha value is -2.75. The van der Waals surface area contributed by atoms with E-state index in [4.69, 9.17) is 19.7 Å². The van der Waals surface area contributed by atoms with Gasteiger partial charge in [0.15, 0.2) is 0 Å². The minimum absolute atomic E-state index is 0.0894. The van der Waals surface area contributed by atoms with Gasteiger partial charge in [0.2, 0.25) is 23.6 Å². The van der Waals surface area contributed by atoms with Crippen LogP contribution < -0.4 is 5.73 Å². The van der Waals surface area contributed by atoms with Crippen molar-refractivity contribution in [3.63, 3.8) is 0 Å². The quantitative estimate of drug-likeness (QED) is 0.727. The standard InChI is InChI=1S/C8H11N5O.C5H8N2O2/c1-5(8-12-11-6(2)14-8)13-4-7(9)3-10-13;1-3(8)5-7-6-4(2)9-5/h3-5H,9H2,1-2H3;3,8H,1-2H3. The monoisotopic (exact) mass is 321 g/mol. The van der Waals surface area contributed by atoms with E-state index >= 15 is 0 Å². The summed E-state index contributed by atoms with van der Waals surface area (Å²) in [5.41, 5.74) is 6.17. The van der Waals surface area contributed by atoms with Crippen LogP contribution in [-0.2, 0) is 0 Å². The van der Waals surface area contributed by atoms with Crippen LogP contribution in [0, 0.1) is 13.8 Å². The van der Waals surface area contributed by atoms with E-state index in [1.54, 1.807) is 37.8 Å². The zero-order valence-corrected chi connectivity index (χ0v) is 13.3. The van der Waals surface area contributed by atoms with Crippen molar-refractivity contribution >= 4 is 5.69 Å². The van der Waals surface area contributed by atoms with Gasteiger partial charge in [-0.15, -0.1) is 20.4 Å². The summed E-state index contributed by atoms with van der Waals surface area (Å²) in [6.07, 6.45) is 2.65. The van der Waals surface area contributed by atoms with Gasteiger partial charge in [0, 0.05) is 20.0 Å². The normalized spacial score (nSPS) is 13.3. The molecule has 0 saturated carbocycles. The van der Waals surface area contributed by atoms with E-state index in [1.807, 2.05) is 6.92 Å². The zero-order valence-electron chi connectivity index (χ0n) is 13.3. The Morgan fingerprint density at radius 1 is 1.04 bits per heavy atom. The first-order valence-corrected chi connectivity index (χ1v) is 6.94. The summed E-state index contributed by atoms with van der Waals surface area (Å²) in [7, 11) is 0. The predicted octanol–water partition coefficient (Wildman–Crippen LogP) is 1.20. The van der Waals surface area contributed by atoms with Gasteiger partial charge in [-0.05, 0) is 13.8 Å². The van der Waals surface area contributed by atoms with Crippen LogP contribution in [0.4, 0.5) is 5.69 Å². The average Bonchev–Trinajstić information content (AvgIpc) is 3.20. The van der Waals surface area contributed by atoms with E-state index in [1.165, 1.54) is 0 Å². The molecule has 0 fully saturated rings. The molecule has 0 aliphatic heterocycles. The molecule has 0 spiro atoms. The molecule has 2 atom stereocenters. The van der Waals surface area contributed by atoms with Crippen molar-refractivity contribution in [3.05, 3.63) is 36.0 Å². The highest BCUT2D eigenvalue weighted by Gasteiger charge is 2.14. The molecule has 23 heavy (non-hydrogen) atoms. The van der Waals surface area contributed by atoms with Crippen molar-refractivity contribution in [2.45, 2.75) is 39.8 Å². The molecule has 3 heterocycles. The van der Waals surface area contributed by atoms with Gasteiger partial charge < -0.3 is 19.7 Å². The lowest BCUT2D eigenvalue weighted by Crippen LogP contribution is -2.07. The molecule has 0 bridgehead atoms. The maximum absolute atomic E-state index is 8.84. The molecule has 3 N–H and O–H groups in total.